The van der Waals surface area contributed by atoms with Gasteiger partial charge < -0.3 is 5.11 Å². The predicted octanol–water partition coefficient (Wildman–Crippen LogP) is 3.07. The van der Waals surface area contributed by atoms with Crippen LogP contribution in [-0.2, 0) is 24.1 Å². The lowest BCUT2D eigenvalue weighted by molar-refractivity contribution is -0.136. The van der Waals surface area contributed by atoms with Crippen LogP contribution in [0.4, 0.5) is 0 Å². The van der Waals surface area contributed by atoms with Crippen LogP contribution in [0.2, 0.25) is 0 Å². The molecule has 1 aromatic carbocycles. The lowest BCUT2D eigenvalue weighted by Gasteiger charge is -2.02. The molecule has 0 saturated heterocycles. The Morgan fingerprint density at radius 3 is 2.69 bits per heavy atom. The second kappa shape index (κ2) is 5.15. The maximum atomic E-state index is 10.6. The second-order valence-corrected chi connectivity index (χ2v) is 4.36. The molecule has 0 heterocycles. The summed E-state index contributed by atoms with van der Waals surface area (Å²) in [5, 5.41) is 8.71. The first-order chi connectivity index (χ1) is 7.19. The number of aliphatic carboxylic acids is 1. The first-order valence-electron chi connectivity index (χ1n) is 5.51. The predicted molar refractivity (Wildman–Crippen MR) is 65.7 cm³/mol. The standard InChI is InChI=1S/C13H16O2.CH4/c1-2-9-5-11-4-3-10(8-13(14)15)7-12(11)6-9;/h3-4,7,9H,2,5-6,8H2,1H3,(H,14,15);1H4. The van der Waals surface area contributed by atoms with E-state index in [-0.39, 0.29) is 13.8 Å². The van der Waals surface area contributed by atoms with E-state index >= 15 is 0 Å². The largest absolute Gasteiger partial charge is 0.481 e. The zero-order valence-corrected chi connectivity index (χ0v) is 8.99. The van der Waals surface area contributed by atoms with Gasteiger partial charge in [-0.3, -0.25) is 4.79 Å². The van der Waals surface area contributed by atoms with Gasteiger partial charge in [-0.25, -0.2) is 0 Å². The Bertz CT molecular complexity index is 382. The minimum absolute atomic E-state index is 0. The molecule has 0 fully saturated rings. The van der Waals surface area contributed by atoms with Crippen LogP contribution < -0.4 is 0 Å². The van der Waals surface area contributed by atoms with Crippen molar-refractivity contribution in [2.75, 3.05) is 0 Å². The Kier molecular flexibility index (Phi) is 4.11. The third-order valence-electron chi connectivity index (χ3n) is 3.22. The summed E-state index contributed by atoms with van der Waals surface area (Å²) < 4.78 is 0. The number of carboxylic acid groups (broad SMARTS) is 1. The number of carbonyl (C=O) groups is 1. The van der Waals surface area contributed by atoms with Crippen molar-refractivity contribution in [3.05, 3.63) is 34.9 Å². The van der Waals surface area contributed by atoms with E-state index in [9.17, 15) is 4.79 Å². The quantitative estimate of drug-likeness (QED) is 0.850. The summed E-state index contributed by atoms with van der Waals surface area (Å²) in [5.74, 6) is 0.0140. The van der Waals surface area contributed by atoms with Gasteiger partial charge in [-0.2, -0.15) is 0 Å². The molecule has 2 heteroatoms. The molecule has 1 unspecified atom stereocenters. The maximum Gasteiger partial charge on any atom is 0.307 e. The highest BCUT2D eigenvalue weighted by Gasteiger charge is 2.20. The van der Waals surface area contributed by atoms with E-state index in [0.29, 0.717) is 0 Å². The Balaban J connectivity index is 0.00000128. The van der Waals surface area contributed by atoms with Crippen molar-refractivity contribution in [2.24, 2.45) is 5.92 Å². The highest BCUT2D eigenvalue weighted by molar-refractivity contribution is 5.70. The Morgan fingerprint density at radius 2 is 2.06 bits per heavy atom. The van der Waals surface area contributed by atoms with Gasteiger partial charge in [0, 0.05) is 0 Å². The number of rotatable bonds is 3. The zero-order chi connectivity index (χ0) is 10.8. The van der Waals surface area contributed by atoms with Crippen LogP contribution in [0.15, 0.2) is 18.2 Å². The van der Waals surface area contributed by atoms with Gasteiger partial charge in [-0.05, 0) is 35.4 Å². The molecule has 1 N–H and O–H groups in total. The average Bonchev–Trinajstić information content (AvgIpc) is 2.58. The topological polar surface area (TPSA) is 37.3 Å². The summed E-state index contributed by atoms with van der Waals surface area (Å²) in [5.41, 5.74) is 3.70. The minimum atomic E-state index is -0.750. The van der Waals surface area contributed by atoms with E-state index in [4.69, 9.17) is 5.11 Å². The Labute approximate surface area is 97.3 Å². The summed E-state index contributed by atoms with van der Waals surface area (Å²) in [6.07, 6.45) is 3.64. The van der Waals surface area contributed by atoms with Gasteiger partial charge in [0.05, 0.1) is 6.42 Å². The lowest BCUT2D eigenvalue weighted by Crippen LogP contribution is -2.00. The molecule has 0 aromatic heterocycles. The third-order valence-corrected chi connectivity index (χ3v) is 3.22. The smallest absolute Gasteiger partial charge is 0.307 e. The van der Waals surface area contributed by atoms with Crippen molar-refractivity contribution in [1.29, 1.82) is 0 Å². The van der Waals surface area contributed by atoms with Crippen molar-refractivity contribution in [3.63, 3.8) is 0 Å². The molecule has 2 nitrogen and oxygen atoms in total. The summed E-state index contributed by atoms with van der Waals surface area (Å²) >= 11 is 0. The first kappa shape index (κ1) is 12.8. The number of benzene rings is 1. The molecule has 16 heavy (non-hydrogen) atoms. The van der Waals surface area contributed by atoms with Gasteiger partial charge in [-0.15, -0.1) is 0 Å². The molecular formula is C14H20O2. The van der Waals surface area contributed by atoms with E-state index in [1.165, 1.54) is 24.0 Å². The normalized spacial score (nSPS) is 17.7. The molecule has 1 aliphatic rings. The van der Waals surface area contributed by atoms with Crippen LogP contribution in [0.25, 0.3) is 0 Å². The number of carboxylic acids is 1. The zero-order valence-electron chi connectivity index (χ0n) is 8.99. The first-order valence-corrected chi connectivity index (χ1v) is 5.51. The Hall–Kier alpha value is -1.31. The Morgan fingerprint density at radius 1 is 1.38 bits per heavy atom. The minimum Gasteiger partial charge on any atom is -0.481 e. The SMILES string of the molecule is C.CCC1Cc2ccc(CC(=O)O)cc2C1. The highest BCUT2D eigenvalue weighted by Crippen LogP contribution is 2.29. The van der Waals surface area contributed by atoms with Crippen molar-refractivity contribution in [2.45, 2.75) is 40.0 Å². The van der Waals surface area contributed by atoms with E-state index in [1.54, 1.807) is 0 Å². The number of fused-ring (bicyclic) bond motifs is 1. The van der Waals surface area contributed by atoms with Gasteiger partial charge in [0.25, 0.3) is 0 Å². The number of hydrogen-bond acceptors (Lipinski definition) is 1. The molecule has 0 spiro atoms. The fourth-order valence-corrected chi connectivity index (χ4v) is 2.34. The molecule has 2 rings (SSSR count). The van der Waals surface area contributed by atoms with Crippen LogP contribution in [0, 0.1) is 5.92 Å². The molecule has 0 bridgehead atoms. The molecule has 1 aromatic rings. The van der Waals surface area contributed by atoms with Crippen LogP contribution in [0.5, 0.6) is 0 Å². The molecule has 0 saturated carbocycles. The van der Waals surface area contributed by atoms with E-state index in [1.807, 2.05) is 6.07 Å². The molecule has 0 amide bonds. The molecule has 1 aliphatic carbocycles. The molecule has 0 radical (unpaired) electrons. The summed E-state index contributed by atoms with van der Waals surface area (Å²) in [7, 11) is 0. The molecule has 0 aliphatic heterocycles. The highest BCUT2D eigenvalue weighted by atomic mass is 16.4. The molecule has 1 atom stereocenters. The lowest BCUT2D eigenvalue weighted by atomic mass is 10.0. The van der Waals surface area contributed by atoms with Crippen molar-refractivity contribution in [3.8, 4) is 0 Å². The fraction of sp³-hybridized carbons (Fsp3) is 0.500. The van der Waals surface area contributed by atoms with Crippen LogP contribution in [0.3, 0.4) is 0 Å². The van der Waals surface area contributed by atoms with Gasteiger partial charge in [0.15, 0.2) is 0 Å². The molecular weight excluding hydrogens is 200 g/mol. The van der Waals surface area contributed by atoms with Gasteiger partial charge in [0.2, 0.25) is 0 Å². The monoisotopic (exact) mass is 220 g/mol. The number of hydrogen-bond donors (Lipinski definition) is 1. The third kappa shape index (κ3) is 2.63. The summed E-state index contributed by atoms with van der Waals surface area (Å²) in [6.45, 7) is 2.22. The van der Waals surface area contributed by atoms with Gasteiger partial charge >= 0.3 is 5.97 Å². The van der Waals surface area contributed by atoms with E-state index in [0.717, 1.165) is 17.9 Å². The van der Waals surface area contributed by atoms with Crippen molar-refractivity contribution in [1.82, 2.24) is 0 Å². The van der Waals surface area contributed by atoms with Gasteiger partial charge in [-0.1, -0.05) is 39.0 Å². The van der Waals surface area contributed by atoms with Crippen LogP contribution >= 0.6 is 0 Å². The average molecular weight is 220 g/mol. The van der Waals surface area contributed by atoms with Crippen molar-refractivity contribution >= 4 is 5.97 Å². The van der Waals surface area contributed by atoms with Crippen molar-refractivity contribution < 1.29 is 9.90 Å². The van der Waals surface area contributed by atoms with Crippen LogP contribution in [-0.4, -0.2) is 11.1 Å². The van der Waals surface area contributed by atoms with Crippen LogP contribution in [0.1, 0.15) is 37.5 Å². The van der Waals surface area contributed by atoms with E-state index in [2.05, 4.69) is 19.1 Å². The fourth-order valence-electron chi connectivity index (χ4n) is 2.34. The molecule has 88 valence electrons. The second-order valence-electron chi connectivity index (χ2n) is 4.36. The van der Waals surface area contributed by atoms with E-state index < -0.39 is 5.97 Å². The summed E-state index contributed by atoms with van der Waals surface area (Å²) in [6, 6.07) is 6.12. The summed E-state index contributed by atoms with van der Waals surface area (Å²) in [4.78, 5) is 10.6. The maximum absolute atomic E-state index is 10.6. The van der Waals surface area contributed by atoms with Gasteiger partial charge in [0.1, 0.15) is 0 Å².